The van der Waals surface area contributed by atoms with Gasteiger partial charge in [-0.05, 0) is 37.6 Å². The number of rotatable bonds is 8. The van der Waals surface area contributed by atoms with Gasteiger partial charge < -0.3 is 18.9 Å². The molecule has 8 nitrogen and oxygen atoms in total. The lowest BCUT2D eigenvalue weighted by Gasteiger charge is -2.41. The van der Waals surface area contributed by atoms with E-state index in [1.165, 1.54) is 18.2 Å². The second kappa shape index (κ2) is 11.4. The van der Waals surface area contributed by atoms with E-state index >= 15 is 0 Å². The summed E-state index contributed by atoms with van der Waals surface area (Å²) < 4.78 is 42.1. The van der Waals surface area contributed by atoms with E-state index in [0.29, 0.717) is 34.5 Å². The summed E-state index contributed by atoms with van der Waals surface area (Å²) in [6, 6.07) is 11.1. The quantitative estimate of drug-likeness (QED) is 0.269. The minimum atomic E-state index is -0.498. The molecule has 0 N–H and O–H groups in total. The first-order chi connectivity index (χ1) is 19.3. The highest BCUT2D eigenvalue weighted by atomic mass is 35.5. The molecule has 6 rings (SSSR count). The van der Waals surface area contributed by atoms with Crippen LogP contribution in [-0.4, -0.2) is 63.0 Å². The van der Waals surface area contributed by atoms with E-state index in [0.717, 1.165) is 49.7 Å². The van der Waals surface area contributed by atoms with E-state index < -0.39 is 11.6 Å². The van der Waals surface area contributed by atoms with Gasteiger partial charge in [0.2, 0.25) is 0 Å². The molecule has 2 aliphatic heterocycles. The first-order valence-corrected chi connectivity index (χ1v) is 13.9. The number of ether oxygens (including phenoxy) is 2. The topological polar surface area (TPSA) is 68.5 Å². The average molecular weight is 589 g/mol. The van der Waals surface area contributed by atoms with Gasteiger partial charge in [-0.2, -0.15) is 0 Å². The number of imidazole rings is 1. The van der Waals surface area contributed by atoms with E-state index in [9.17, 15) is 8.78 Å². The van der Waals surface area contributed by atoms with Crippen molar-refractivity contribution in [1.29, 1.82) is 0 Å². The number of benzene rings is 2. The highest BCUT2D eigenvalue weighted by Gasteiger charge is 2.28. The number of piperazine rings is 1. The number of hydrogen-bond donors (Lipinski definition) is 0. The van der Waals surface area contributed by atoms with Crippen LogP contribution in [0.2, 0.25) is 10.2 Å². The third-order valence-electron chi connectivity index (χ3n) is 7.51. The average Bonchev–Trinajstić information content (AvgIpc) is 3.23. The Labute approximate surface area is 240 Å². The van der Waals surface area contributed by atoms with Crippen molar-refractivity contribution in [3.05, 3.63) is 75.7 Å². The fraction of sp³-hybridized carbons (Fsp3) is 0.393. The molecule has 0 spiro atoms. The van der Waals surface area contributed by atoms with Crippen LogP contribution < -0.4 is 9.64 Å². The molecule has 2 atom stereocenters. The number of anilines is 1. The van der Waals surface area contributed by atoms with Crippen LogP contribution in [-0.2, 0) is 24.4 Å². The van der Waals surface area contributed by atoms with Crippen molar-refractivity contribution < 1.29 is 18.3 Å². The Balaban J connectivity index is 1.14. The van der Waals surface area contributed by atoms with E-state index in [2.05, 4.69) is 31.5 Å². The second-order valence-corrected chi connectivity index (χ2v) is 11.0. The summed E-state index contributed by atoms with van der Waals surface area (Å²) >= 11 is 11.9. The summed E-state index contributed by atoms with van der Waals surface area (Å²) in [6.45, 7) is 6.39. The molecule has 0 amide bonds. The molecule has 2 aromatic carbocycles. The van der Waals surface area contributed by atoms with Crippen molar-refractivity contribution >= 4 is 40.1 Å². The van der Waals surface area contributed by atoms with Crippen molar-refractivity contribution in [3.8, 4) is 5.75 Å². The Morgan fingerprint density at radius 1 is 1.05 bits per heavy atom. The van der Waals surface area contributed by atoms with Gasteiger partial charge in [-0.1, -0.05) is 29.3 Å². The fourth-order valence-electron chi connectivity index (χ4n) is 5.13. The van der Waals surface area contributed by atoms with Crippen LogP contribution in [0.25, 0.3) is 11.2 Å². The van der Waals surface area contributed by atoms with Crippen molar-refractivity contribution in [3.63, 3.8) is 0 Å². The maximum Gasteiger partial charge on any atom is 0.182 e. The van der Waals surface area contributed by atoms with Crippen molar-refractivity contribution in [2.24, 2.45) is 0 Å². The molecule has 12 heteroatoms. The smallest absolute Gasteiger partial charge is 0.182 e. The highest BCUT2D eigenvalue weighted by Crippen LogP contribution is 2.29. The number of hydrogen-bond acceptors (Lipinski definition) is 7. The molecule has 210 valence electrons. The van der Waals surface area contributed by atoms with Crippen LogP contribution in [0.1, 0.15) is 24.7 Å². The summed E-state index contributed by atoms with van der Waals surface area (Å²) in [5, 5.41) is 8.93. The summed E-state index contributed by atoms with van der Waals surface area (Å²) in [7, 11) is 0. The Morgan fingerprint density at radius 2 is 1.90 bits per heavy atom. The number of fused-ring (bicyclic) bond motifs is 1. The minimum absolute atomic E-state index is 0.0774. The first-order valence-electron chi connectivity index (χ1n) is 13.2. The predicted molar refractivity (Wildman–Crippen MR) is 149 cm³/mol. The van der Waals surface area contributed by atoms with Crippen molar-refractivity contribution in [2.75, 3.05) is 31.1 Å². The van der Waals surface area contributed by atoms with Crippen LogP contribution in [0.4, 0.5) is 14.5 Å². The van der Waals surface area contributed by atoms with E-state index in [4.69, 9.17) is 37.7 Å². The summed E-state index contributed by atoms with van der Waals surface area (Å²) in [6.07, 6.45) is 1.15. The summed E-state index contributed by atoms with van der Waals surface area (Å²) in [5.74, 6) is -0.0110. The largest absolute Gasteiger partial charge is 0.486 e. The van der Waals surface area contributed by atoms with Gasteiger partial charge in [-0.3, -0.25) is 4.90 Å². The SMILES string of the molecule is C[C@H]1CN(c2ccc(F)c(OCc3ccc(Cl)cc3F)c2)CCN1Cc1nc2cc(Cl)nnc2n1C[C@@H]1CCO1. The molecule has 0 radical (unpaired) electrons. The van der Waals surface area contributed by atoms with Crippen LogP contribution in [0.15, 0.2) is 42.5 Å². The Bertz CT molecular complexity index is 1530. The number of nitrogens with zero attached hydrogens (tertiary/aromatic N) is 6. The van der Waals surface area contributed by atoms with Crippen LogP contribution >= 0.6 is 23.2 Å². The van der Waals surface area contributed by atoms with E-state index in [1.54, 1.807) is 24.3 Å². The molecule has 2 aliphatic rings. The van der Waals surface area contributed by atoms with Gasteiger partial charge in [-0.25, -0.2) is 13.8 Å². The summed E-state index contributed by atoms with van der Waals surface area (Å²) in [5.41, 5.74) is 2.58. The van der Waals surface area contributed by atoms with Crippen molar-refractivity contribution in [2.45, 2.75) is 45.2 Å². The minimum Gasteiger partial charge on any atom is -0.486 e. The van der Waals surface area contributed by atoms with E-state index in [-0.39, 0.29) is 24.5 Å². The van der Waals surface area contributed by atoms with Gasteiger partial charge in [0.05, 0.1) is 19.2 Å². The molecule has 4 aromatic rings. The molecular formula is C28H28Cl2F2N6O2. The predicted octanol–water partition coefficient (Wildman–Crippen LogP) is 5.49. The monoisotopic (exact) mass is 588 g/mol. The van der Waals surface area contributed by atoms with Gasteiger partial charge >= 0.3 is 0 Å². The van der Waals surface area contributed by atoms with Gasteiger partial charge in [0.25, 0.3) is 0 Å². The normalized spacial score (nSPS) is 19.7. The third-order valence-corrected chi connectivity index (χ3v) is 7.93. The Morgan fingerprint density at radius 3 is 2.65 bits per heavy atom. The van der Waals surface area contributed by atoms with Gasteiger partial charge in [-0.15, -0.1) is 10.2 Å². The maximum atomic E-state index is 14.6. The van der Waals surface area contributed by atoms with Gasteiger partial charge in [0, 0.05) is 60.7 Å². The molecule has 2 fully saturated rings. The molecule has 0 bridgehead atoms. The zero-order valence-electron chi connectivity index (χ0n) is 21.9. The number of aromatic nitrogens is 4. The van der Waals surface area contributed by atoms with Crippen LogP contribution in [0, 0.1) is 11.6 Å². The Hall–Kier alpha value is -3.05. The van der Waals surface area contributed by atoms with Crippen LogP contribution in [0.5, 0.6) is 5.75 Å². The molecule has 2 saturated heterocycles. The van der Waals surface area contributed by atoms with E-state index in [1.807, 2.05) is 0 Å². The van der Waals surface area contributed by atoms with Gasteiger partial charge in [0.15, 0.2) is 22.4 Å². The molecule has 0 saturated carbocycles. The molecule has 40 heavy (non-hydrogen) atoms. The maximum absolute atomic E-state index is 14.6. The van der Waals surface area contributed by atoms with Gasteiger partial charge in [0.1, 0.15) is 23.8 Å². The lowest BCUT2D eigenvalue weighted by Crippen LogP contribution is -2.51. The Kier molecular flexibility index (Phi) is 7.76. The standard InChI is InChI=1S/C28H28Cl2F2N6O2/c1-17-13-37(20-4-5-22(31)25(11-20)40-16-18-2-3-19(29)10-23(18)32)8-7-36(17)15-27-33-24-12-26(30)34-35-28(24)38(27)14-21-6-9-39-21/h2-5,10-12,17,21H,6-9,13-16H2,1H3/t17-,21-/m0/s1. The highest BCUT2D eigenvalue weighted by molar-refractivity contribution is 6.30. The molecule has 4 heterocycles. The molecule has 2 aromatic heterocycles. The zero-order chi connectivity index (χ0) is 27.8. The molecule has 0 unspecified atom stereocenters. The van der Waals surface area contributed by atoms with Crippen LogP contribution in [0.3, 0.4) is 0 Å². The zero-order valence-corrected chi connectivity index (χ0v) is 23.4. The third kappa shape index (κ3) is 5.72. The second-order valence-electron chi connectivity index (χ2n) is 10.2. The van der Waals surface area contributed by atoms with Crippen molar-refractivity contribution in [1.82, 2.24) is 24.6 Å². The lowest BCUT2D eigenvalue weighted by atomic mass is 10.1. The molecule has 0 aliphatic carbocycles. The lowest BCUT2D eigenvalue weighted by molar-refractivity contribution is -0.0593. The molecular weight excluding hydrogens is 561 g/mol. The summed E-state index contributed by atoms with van der Waals surface area (Å²) in [4.78, 5) is 9.41. The number of halogens is 4. The first kappa shape index (κ1) is 27.1. The fourth-order valence-corrected chi connectivity index (χ4v) is 5.43.